The summed E-state index contributed by atoms with van der Waals surface area (Å²) in [5.74, 6) is 0.238. The summed E-state index contributed by atoms with van der Waals surface area (Å²) >= 11 is 1.51. The molecule has 0 amide bonds. The van der Waals surface area contributed by atoms with E-state index < -0.39 is 6.23 Å². The van der Waals surface area contributed by atoms with Gasteiger partial charge in [-0.05, 0) is 41.1 Å². The maximum absolute atomic E-state index is 10.6. The highest BCUT2D eigenvalue weighted by atomic mass is 32.1. The molecule has 0 bridgehead atoms. The molecule has 24 heavy (non-hydrogen) atoms. The molecule has 1 aliphatic rings. The molecule has 0 saturated heterocycles. The maximum Gasteiger partial charge on any atom is 0.160 e. The quantitative estimate of drug-likeness (QED) is 0.533. The second kappa shape index (κ2) is 5.63. The second-order valence-corrected chi connectivity index (χ2v) is 6.93. The smallest absolute Gasteiger partial charge is 0.160 e. The van der Waals surface area contributed by atoms with E-state index in [1.165, 1.54) is 11.3 Å². The number of nitrogens with two attached hydrogens (primary N) is 1. The Morgan fingerprint density at radius 2 is 1.92 bits per heavy atom. The van der Waals surface area contributed by atoms with Crippen molar-refractivity contribution >= 4 is 17.0 Å². The molecule has 2 heterocycles. The molecule has 1 aromatic heterocycles. The molecule has 122 valence electrons. The third kappa shape index (κ3) is 2.21. The Balaban J connectivity index is 2.01. The van der Waals surface area contributed by atoms with E-state index in [9.17, 15) is 10.2 Å². The van der Waals surface area contributed by atoms with Crippen molar-refractivity contribution in [1.82, 2.24) is 0 Å². The molecule has 4 nitrogen and oxygen atoms in total. The summed E-state index contributed by atoms with van der Waals surface area (Å²) in [5.41, 5.74) is 12.1. The average Bonchev–Trinajstić information content (AvgIpc) is 3.07. The number of phenols is 1. The van der Waals surface area contributed by atoms with Crippen LogP contribution in [0.5, 0.6) is 5.75 Å². The van der Waals surface area contributed by atoms with Gasteiger partial charge in [-0.15, -0.1) is 11.3 Å². The lowest BCUT2D eigenvalue weighted by molar-refractivity contribution is 0.211. The third-order valence-electron chi connectivity index (χ3n) is 4.48. The molecule has 1 unspecified atom stereocenters. The lowest BCUT2D eigenvalue weighted by Crippen LogP contribution is -2.16. The zero-order chi connectivity index (χ0) is 16.8. The van der Waals surface area contributed by atoms with E-state index in [0.717, 1.165) is 43.9 Å². The van der Waals surface area contributed by atoms with Gasteiger partial charge in [-0.2, -0.15) is 0 Å². The van der Waals surface area contributed by atoms with Gasteiger partial charge in [-0.1, -0.05) is 24.3 Å². The fraction of sp³-hybridized carbons (Fsp3) is 0.158. The highest BCUT2D eigenvalue weighted by molar-refractivity contribution is 7.10. The van der Waals surface area contributed by atoms with Crippen LogP contribution in [-0.4, -0.2) is 10.2 Å². The van der Waals surface area contributed by atoms with Crippen LogP contribution in [0.1, 0.15) is 22.2 Å². The summed E-state index contributed by atoms with van der Waals surface area (Å²) < 4.78 is 0. The van der Waals surface area contributed by atoms with Gasteiger partial charge in [0.05, 0.1) is 4.88 Å². The SMILES string of the molecule is Cc1cc(O)c(-c2ccc(CN)cc2)c2c1NC(O)c1sccc1-2. The standard InChI is InChI=1S/C19H18N2O2S/c1-10-8-14(22)15(12-4-2-11(9-20)3-5-12)16-13-6-7-24-18(13)19(23)21-17(10)16/h2-8,19,21-23H,9,20H2,1H3. The molecular weight excluding hydrogens is 320 g/mol. The molecule has 2 aromatic carbocycles. The largest absolute Gasteiger partial charge is 0.507 e. The number of nitrogens with one attached hydrogen (secondary N) is 1. The van der Waals surface area contributed by atoms with Gasteiger partial charge in [0.25, 0.3) is 0 Å². The number of fused-ring (bicyclic) bond motifs is 3. The molecule has 4 rings (SSSR count). The zero-order valence-corrected chi connectivity index (χ0v) is 14.0. The molecule has 0 radical (unpaired) electrons. The lowest BCUT2D eigenvalue weighted by atomic mass is 9.88. The van der Waals surface area contributed by atoms with Crippen LogP contribution in [0.25, 0.3) is 22.3 Å². The van der Waals surface area contributed by atoms with Crippen LogP contribution in [0, 0.1) is 6.92 Å². The normalized spacial score (nSPS) is 15.5. The summed E-state index contributed by atoms with van der Waals surface area (Å²) in [6.07, 6.45) is -0.719. The van der Waals surface area contributed by atoms with E-state index in [1.807, 2.05) is 42.6 Å². The number of thiophene rings is 1. The summed E-state index contributed by atoms with van der Waals surface area (Å²) in [5, 5.41) is 26.1. The van der Waals surface area contributed by atoms with E-state index in [1.54, 1.807) is 6.07 Å². The Bertz CT molecular complexity index is 916. The first-order valence-electron chi connectivity index (χ1n) is 7.78. The van der Waals surface area contributed by atoms with Gasteiger partial charge in [0, 0.05) is 28.9 Å². The van der Waals surface area contributed by atoms with Crippen molar-refractivity contribution in [3.8, 4) is 28.0 Å². The van der Waals surface area contributed by atoms with Crippen LogP contribution in [0.4, 0.5) is 5.69 Å². The van der Waals surface area contributed by atoms with Crippen molar-refractivity contribution in [2.75, 3.05) is 5.32 Å². The number of benzene rings is 2. The first kappa shape index (κ1) is 15.2. The highest BCUT2D eigenvalue weighted by Crippen LogP contribution is 2.51. The van der Waals surface area contributed by atoms with Crippen molar-refractivity contribution in [3.05, 3.63) is 57.8 Å². The number of phenolic OH excluding ortho intramolecular Hbond substituents is 1. The van der Waals surface area contributed by atoms with Crippen molar-refractivity contribution in [3.63, 3.8) is 0 Å². The molecule has 1 atom stereocenters. The van der Waals surface area contributed by atoms with Gasteiger partial charge < -0.3 is 21.3 Å². The van der Waals surface area contributed by atoms with E-state index in [-0.39, 0.29) is 5.75 Å². The number of aryl methyl sites for hydroxylation is 1. The summed E-state index contributed by atoms with van der Waals surface area (Å²) in [6, 6.07) is 11.6. The van der Waals surface area contributed by atoms with E-state index >= 15 is 0 Å². The minimum Gasteiger partial charge on any atom is -0.507 e. The Labute approximate surface area is 144 Å². The van der Waals surface area contributed by atoms with Gasteiger partial charge in [0.15, 0.2) is 6.23 Å². The molecule has 0 saturated carbocycles. The molecule has 5 heteroatoms. The Morgan fingerprint density at radius 1 is 1.17 bits per heavy atom. The fourth-order valence-electron chi connectivity index (χ4n) is 3.30. The predicted molar refractivity (Wildman–Crippen MR) is 98.1 cm³/mol. The van der Waals surface area contributed by atoms with Gasteiger partial charge in [-0.3, -0.25) is 0 Å². The Kier molecular flexibility index (Phi) is 3.57. The number of aliphatic hydroxyl groups excluding tert-OH is 1. The molecule has 0 fully saturated rings. The monoisotopic (exact) mass is 338 g/mol. The van der Waals surface area contributed by atoms with E-state index in [2.05, 4.69) is 5.32 Å². The van der Waals surface area contributed by atoms with Gasteiger partial charge in [0.2, 0.25) is 0 Å². The van der Waals surface area contributed by atoms with E-state index in [4.69, 9.17) is 5.73 Å². The summed E-state index contributed by atoms with van der Waals surface area (Å²) in [7, 11) is 0. The van der Waals surface area contributed by atoms with Crippen LogP contribution in [0.2, 0.25) is 0 Å². The zero-order valence-electron chi connectivity index (χ0n) is 13.2. The summed E-state index contributed by atoms with van der Waals surface area (Å²) in [6.45, 7) is 2.41. The third-order valence-corrected chi connectivity index (χ3v) is 5.45. The number of anilines is 1. The van der Waals surface area contributed by atoms with Crippen LogP contribution >= 0.6 is 11.3 Å². The fourth-order valence-corrected chi connectivity index (χ4v) is 4.13. The molecule has 5 N–H and O–H groups in total. The van der Waals surface area contributed by atoms with Crippen LogP contribution in [0.15, 0.2) is 41.8 Å². The van der Waals surface area contributed by atoms with Gasteiger partial charge in [-0.25, -0.2) is 0 Å². The molecule has 1 aliphatic heterocycles. The number of aromatic hydroxyl groups is 1. The number of rotatable bonds is 2. The number of aliphatic hydroxyl groups is 1. The van der Waals surface area contributed by atoms with Crippen LogP contribution < -0.4 is 11.1 Å². The first-order valence-corrected chi connectivity index (χ1v) is 8.66. The minimum atomic E-state index is -0.719. The lowest BCUT2D eigenvalue weighted by Gasteiger charge is -2.28. The maximum atomic E-state index is 10.6. The average molecular weight is 338 g/mol. The van der Waals surface area contributed by atoms with Crippen LogP contribution in [-0.2, 0) is 6.54 Å². The number of hydrogen-bond donors (Lipinski definition) is 4. The topological polar surface area (TPSA) is 78.5 Å². The molecule has 0 aliphatic carbocycles. The molecule has 3 aromatic rings. The second-order valence-electron chi connectivity index (χ2n) is 5.98. The Morgan fingerprint density at radius 3 is 2.62 bits per heavy atom. The minimum absolute atomic E-state index is 0.238. The van der Waals surface area contributed by atoms with Gasteiger partial charge >= 0.3 is 0 Å². The summed E-state index contributed by atoms with van der Waals surface area (Å²) in [4.78, 5) is 0.868. The van der Waals surface area contributed by atoms with Crippen molar-refractivity contribution in [2.45, 2.75) is 19.7 Å². The van der Waals surface area contributed by atoms with E-state index in [0.29, 0.717) is 6.54 Å². The first-order chi connectivity index (χ1) is 11.6. The number of hydrogen-bond acceptors (Lipinski definition) is 5. The van der Waals surface area contributed by atoms with Crippen molar-refractivity contribution in [2.24, 2.45) is 5.73 Å². The van der Waals surface area contributed by atoms with Crippen LogP contribution in [0.3, 0.4) is 0 Å². The van der Waals surface area contributed by atoms with Crippen molar-refractivity contribution in [1.29, 1.82) is 0 Å². The molecule has 0 spiro atoms. The predicted octanol–water partition coefficient (Wildman–Crippen LogP) is 3.97. The van der Waals surface area contributed by atoms with Crippen molar-refractivity contribution < 1.29 is 10.2 Å². The Hall–Kier alpha value is -2.34. The van der Waals surface area contributed by atoms with Gasteiger partial charge in [0.1, 0.15) is 5.75 Å². The highest BCUT2D eigenvalue weighted by Gasteiger charge is 2.29. The molecular formula is C19H18N2O2S.